The summed E-state index contributed by atoms with van der Waals surface area (Å²) in [5.74, 6) is 1.11. The minimum atomic E-state index is 0.694. The zero-order valence-corrected chi connectivity index (χ0v) is 12.7. The van der Waals surface area contributed by atoms with E-state index < -0.39 is 0 Å². The molecule has 2 aliphatic rings. The van der Waals surface area contributed by atoms with Gasteiger partial charge in [-0.3, -0.25) is 4.90 Å². The number of hydrogen-bond acceptors (Lipinski definition) is 6. The van der Waals surface area contributed by atoms with E-state index >= 15 is 0 Å². The van der Waals surface area contributed by atoms with E-state index in [1.54, 1.807) is 11.3 Å². The first-order valence-corrected chi connectivity index (χ1v) is 8.32. The molecule has 2 aliphatic heterocycles. The van der Waals surface area contributed by atoms with Gasteiger partial charge in [0, 0.05) is 63.1 Å². The van der Waals surface area contributed by atoms with Gasteiger partial charge in [-0.2, -0.15) is 0 Å². The molecule has 2 aromatic heterocycles. The van der Waals surface area contributed by atoms with Gasteiger partial charge in [0.25, 0.3) is 0 Å². The van der Waals surface area contributed by atoms with E-state index in [0.29, 0.717) is 6.04 Å². The summed E-state index contributed by atoms with van der Waals surface area (Å²) in [6.45, 7) is 6.66. The smallest absolute Gasteiger partial charge is 0.185 e. The molecular formula is C15H19N5S. The van der Waals surface area contributed by atoms with Crippen LogP contribution in [0.5, 0.6) is 0 Å². The standard InChI is InChI=1S/C15H19N5S/c1-2-4-16-14(3-1)19-8-6-18(7-9-19)13-11-20(12-13)15-17-5-10-21-15/h1-5,10,13H,6-9,11-12H2. The molecule has 0 aromatic carbocycles. The van der Waals surface area contributed by atoms with E-state index in [9.17, 15) is 0 Å². The van der Waals surface area contributed by atoms with Crippen LogP contribution in [0.2, 0.25) is 0 Å². The van der Waals surface area contributed by atoms with Gasteiger partial charge in [-0.15, -0.1) is 11.3 Å². The first-order valence-electron chi connectivity index (χ1n) is 7.44. The lowest BCUT2D eigenvalue weighted by Gasteiger charge is -2.48. The summed E-state index contributed by atoms with van der Waals surface area (Å²) in [6.07, 6.45) is 3.76. The molecule has 6 heteroatoms. The number of rotatable bonds is 3. The van der Waals surface area contributed by atoms with Crippen molar-refractivity contribution in [3.63, 3.8) is 0 Å². The van der Waals surface area contributed by atoms with Gasteiger partial charge in [0.15, 0.2) is 5.13 Å². The van der Waals surface area contributed by atoms with Gasteiger partial charge in [-0.1, -0.05) is 6.07 Å². The van der Waals surface area contributed by atoms with Crippen LogP contribution in [-0.4, -0.2) is 60.2 Å². The van der Waals surface area contributed by atoms with E-state index in [2.05, 4.69) is 36.8 Å². The highest BCUT2D eigenvalue weighted by Crippen LogP contribution is 2.26. The Morgan fingerprint density at radius 2 is 1.81 bits per heavy atom. The lowest BCUT2D eigenvalue weighted by molar-refractivity contribution is 0.157. The number of pyridine rings is 1. The van der Waals surface area contributed by atoms with Crippen LogP contribution in [0.15, 0.2) is 36.0 Å². The number of nitrogens with zero attached hydrogens (tertiary/aromatic N) is 5. The normalized spacial score (nSPS) is 20.6. The van der Waals surface area contributed by atoms with E-state index in [1.165, 1.54) is 5.13 Å². The number of anilines is 2. The maximum atomic E-state index is 4.44. The molecule has 0 saturated carbocycles. The predicted molar refractivity (Wildman–Crippen MR) is 86.1 cm³/mol. The molecule has 2 saturated heterocycles. The molecule has 0 aliphatic carbocycles. The summed E-state index contributed by atoms with van der Waals surface area (Å²) in [5.41, 5.74) is 0. The molecule has 21 heavy (non-hydrogen) atoms. The summed E-state index contributed by atoms with van der Waals surface area (Å²) in [4.78, 5) is 16.2. The first kappa shape index (κ1) is 13.0. The topological polar surface area (TPSA) is 35.5 Å². The van der Waals surface area contributed by atoms with Gasteiger partial charge >= 0.3 is 0 Å². The van der Waals surface area contributed by atoms with Crippen molar-refractivity contribution in [1.82, 2.24) is 14.9 Å². The number of thiazole rings is 1. The Bertz CT molecular complexity index is 559. The fourth-order valence-electron chi connectivity index (χ4n) is 3.07. The zero-order chi connectivity index (χ0) is 14.1. The van der Waals surface area contributed by atoms with Gasteiger partial charge in [-0.05, 0) is 12.1 Å². The van der Waals surface area contributed by atoms with Gasteiger partial charge in [0.1, 0.15) is 5.82 Å². The fraction of sp³-hybridized carbons (Fsp3) is 0.467. The van der Waals surface area contributed by atoms with Crippen LogP contribution >= 0.6 is 11.3 Å². The number of hydrogen-bond donors (Lipinski definition) is 0. The summed E-state index contributed by atoms with van der Waals surface area (Å²) >= 11 is 1.73. The van der Waals surface area contributed by atoms with Crippen LogP contribution in [0.4, 0.5) is 10.9 Å². The molecule has 0 radical (unpaired) electrons. The quantitative estimate of drug-likeness (QED) is 0.859. The predicted octanol–water partition coefficient (Wildman–Crippen LogP) is 1.55. The van der Waals surface area contributed by atoms with E-state index in [0.717, 1.165) is 45.1 Å². The third kappa shape index (κ3) is 2.61. The number of aromatic nitrogens is 2. The van der Waals surface area contributed by atoms with Gasteiger partial charge in [0.2, 0.25) is 0 Å². The minimum Gasteiger partial charge on any atom is -0.354 e. The molecular weight excluding hydrogens is 282 g/mol. The van der Waals surface area contributed by atoms with Crippen molar-refractivity contribution in [2.24, 2.45) is 0 Å². The summed E-state index contributed by atoms with van der Waals surface area (Å²) in [7, 11) is 0. The third-order valence-electron chi connectivity index (χ3n) is 4.36. The second kappa shape index (κ2) is 5.61. The Morgan fingerprint density at radius 3 is 2.48 bits per heavy atom. The molecule has 0 atom stereocenters. The zero-order valence-electron chi connectivity index (χ0n) is 11.9. The summed E-state index contributed by atoms with van der Waals surface area (Å²) < 4.78 is 0. The molecule has 2 fully saturated rings. The van der Waals surface area contributed by atoms with Gasteiger partial charge in [-0.25, -0.2) is 9.97 Å². The molecule has 110 valence electrons. The Morgan fingerprint density at radius 1 is 0.952 bits per heavy atom. The maximum Gasteiger partial charge on any atom is 0.185 e. The van der Waals surface area contributed by atoms with Crippen LogP contribution in [0.1, 0.15) is 0 Å². The van der Waals surface area contributed by atoms with Crippen LogP contribution in [-0.2, 0) is 0 Å². The molecule has 0 bridgehead atoms. The van der Waals surface area contributed by atoms with Crippen molar-refractivity contribution in [2.45, 2.75) is 6.04 Å². The average molecular weight is 301 g/mol. The molecule has 0 spiro atoms. The van der Waals surface area contributed by atoms with Crippen LogP contribution < -0.4 is 9.80 Å². The Hall–Kier alpha value is -1.66. The molecule has 0 unspecified atom stereocenters. The maximum absolute atomic E-state index is 4.44. The Kier molecular flexibility index (Phi) is 3.48. The second-order valence-corrected chi connectivity index (χ2v) is 6.46. The Balaban J connectivity index is 1.29. The summed E-state index contributed by atoms with van der Waals surface area (Å²) in [5, 5.41) is 3.22. The molecule has 0 amide bonds. The SMILES string of the molecule is c1ccc(N2CCN(C3CN(c4nccs4)C3)CC2)nc1. The first-order chi connectivity index (χ1) is 10.4. The highest BCUT2D eigenvalue weighted by molar-refractivity contribution is 7.13. The average Bonchev–Trinajstić information content (AvgIpc) is 3.01. The lowest BCUT2D eigenvalue weighted by Crippen LogP contribution is -2.63. The fourth-order valence-corrected chi connectivity index (χ4v) is 3.73. The molecule has 4 heterocycles. The van der Waals surface area contributed by atoms with Crippen LogP contribution in [0.3, 0.4) is 0 Å². The molecule has 4 rings (SSSR count). The van der Waals surface area contributed by atoms with Crippen LogP contribution in [0, 0.1) is 0 Å². The van der Waals surface area contributed by atoms with E-state index in [4.69, 9.17) is 0 Å². The van der Waals surface area contributed by atoms with Crippen molar-refractivity contribution in [1.29, 1.82) is 0 Å². The van der Waals surface area contributed by atoms with E-state index in [1.807, 2.05) is 23.8 Å². The highest BCUT2D eigenvalue weighted by Gasteiger charge is 2.34. The Labute approximate surface area is 128 Å². The number of piperazine rings is 1. The molecule has 0 N–H and O–H groups in total. The highest BCUT2D eigenvalue weighted by atomic mass is 32.1. The second-order valence-electron chi connectivity index (χ2n) is 5.58. The monoisotopic (exact) mass is 301 g/mol. The van der Waals surface area contributed by atoms with Crippen molar-refractivity contribution >= 4 is 22.3 Å². The van der Waals surface area contributed by atoms with Gasteiger partial charge in [0.05, 0.1) is 0 Å². The van der Waals surface area contributed by atoms with Crippen molar-refractivity contribution in [3.05, 3.63) is 36.0 Å². The third-order valence-corrected chi connectivity index (χ3v) is 5.19. The lowest BCUT2D eigenvalue weighted by atomic mass is 10.1. The van der Waals surface area contributed by atoms with Crippen LogP contribution in [0.25, 0.3) is 0 Å². The largest absolute Gasteiger partial charge is 0.354 e. The molecule has 5 nitrogen and oxygen atoms in total. The van der Waals surface area contributed by atoms with E-state index in [-0.39, 0.29) is 0 Å². The molecule has 2 aromatic rings. The minimum absolute atomic E-state index is 0.694. The van der Waals surface area contributed by atoms with Gasteiger partial charge < -0.3 is 9.80 Å². The summed E-state index contributed by atoms with van der Waals surface area (Å²) in [6, 6.07) is 6.83. The van der Waals surface area contributed by atoms with Crippen molar-refractivity contribution in [2.75, 3.05) is 49.1 Å². The van der Waals surface area contributed by atoms with Crippen molar-refractivity contribution in [3.8, 4) is 0 Å². The van der Waals surface area contributed by atoms with Crippen molar-refractivity contribution < 1.29 is 0 Å².